The first-order chi connectivity index (χ1) is 8.80. The van der Waals surface area contributed by atoms with Crippen molar-refractivity contribution < 1.29 is 0 Å². The monoisotopic (exact) mass is 388 g/mol. The van der Waals surface area contributed by atoms with Crippen molar-refractivity contribution in [2.45, 2.75) is 39.3 Å². The van der Waals surface area contributed by atoms with Crippen molar-refractivity contribution in [3.63, 3.8) is 0 Å². The zero-order valence-corrected chi connectivity index (χ0v) is 15.2. The molecule has 1 aromatic carbocycles. The summed E-state index contributed by atoms with van der Waals surface area (Å²) >= 11 is 7.28. The third-order valence-electron chi connectivity index (χ3n) is 3.74. The van der Waals surface area contributed by atoms with Crippen LogP contribution in [-0.2, 0) is 0 Å². The Kier molecular flexibility index (Phi) is 4.63. The molecule has 1 N–H and O–H groups in total. The first-order valence-electron chi connectivity index (χ1n) is 6.77. The molecule has 0 spiro atoms. The number of hydrogen-bond donors (Lipinski definition) is 1. The number of nitrogens with one attached hydrogen (secondary N) is 1. The van der Waals surface area contributed by atoms with Gasteiger partial charge in [0.25, 0.3) is 0 Å². The normalized spacial score (nSPS) is 22.9. The highest BCUT2D eigenvalue weighted by molar-refractivity contribution is 9.11. The molecule has 1 aromatic rings. The molecule has 0 radical (unpaired) electrons. The average Bonchev–Trinajstić information content (AvgIpc) is 2.30. The first kappa shape index (κ1) is 15.3. The van der Waals surface area contributed by atoms with Crippen LogP contribution in [0.2, 0.25) is 0 Å². The summed E-state index contributed by atoms with van der Waals surface area (Å²) in [6.07, 6.45) is 0. The van der Waals surface area contributed by atoms with Gasteiger partial charge in [-0.25, -0.2) is 0 Å². The van der Waals surface area contributed by atoms with Crippen LogP contribution in [-0.4, -0.2) is 24.7 Å². The van der Waals surface area contributed by atoms with Gasteiger partial charge in [0.2, 0.25) is 0 Å². The van der Waals surface area contributed by atoms with Gasteiger partial charge in [-0.05, 0) is 53.9 Å². The lowest BCUT2D eigenvalue weighted by molar-refractivity contribution is 0.277. The van der Waals surface area contributed by atoms with E-state index in [2.05, 4.69) is 88.0 Å². The Labute approximate surface area is 133 Å². The molecule has 4 heteroatoms. The molecule has 1 aliphatic rings. The Balaban J connectivity index is 2.39. The Hall–Kier alpha value is -0.0600. The molecule has 1 atom stereocenters. The highest BCUT2D eigenvalue weighted by Crippen LogP contribution is 2.34. The van der Waals surface area contributed by atoms with Crippen LogP contribution in [0.5, 0.6) is 0 Å². The molecule has 0 amide bonds. The fraction of sp³-hybridized carbons (Fsp3) is 0.600. The van der Waals surface area contributed by atoms with Gasteiger partial charge in [0.05, 0.1) is 5.69 Å². The topological polar surface area (TPSA) is 15.3 Å². The fourth-order valence-corrected chi connectivity index (χ4v) is 3.48. The Morgan fingerprint density at radius 2 is 2.00 bits per heavy atom. The van der Waals surface area contributed by atoms with E-state index >= 15 is 0 Å². The molecule has 2 rings (SSSR count). The number of piperazine rings is 1. The van der Waals surface area contributed by atoms with Crippen LogP contribution in [0.1, 0.15) is 27.7 Å². The minimum Gasteiger partial charge on any atom is -0.364 e. The molecule has 19 heavy (non-hydrogen) atoms. The molecule has 1 unspecified atom stereocenters. The zero-order valence-electron chi connectivity index (χ0n) is 12.0. The molecule has 1 fully saturated rings. The van der Waals surface area contributed by atoms with Gasteiger partial charge in [0.15, 0.2) is 0 Å². The quantitative estimate of drug-likeness (QED) is 0.804. The molecular formula is C15H22Br2N2. The lowest BCUT2D eigenvalue weighted by atomic mass is 9.92. The molecular weight excluding hydrogens is 368 g/mol. The minimum absolute atomic E-state index is 0.146. The summed E-state index contributed by atoms with van der Waals surface area (Å²) in [6.45, 7) is 11.2. The van der Waals surface area contributed by atoms with Gasteiger partial charge in [0, 0.05) is 33.6 Å². The van der Waals surface area contributed by atoms with E-state index in [0.717, 1.165) is 17.6 Å². The van der Waals surface area contributed by atoms with Crippen LogP contribution in [0.3, 0.4) is 0 Å². The lowest BCUT2D eigenvalue weighted by Crippen LogP contribution is -2.63. The highest BCUT2D eigenvalue weighted by atomic mass is 79.9. The molecule has 1 aliphatic heterocycles. The maximum absolute atomic E-state index is 3.70. The SMILES string of the molecule is CC(C)C1CNC(C)(C)CN1c1cc(Br)ccc1Br. The zero-order chi connectivity index (χ0) is 14.2. The summed E-state index contributed by atoms with van der Waals surface area (Å²) in [5, 5.41) is 3.65. The minimum atomic E-state index is 0.146. The lowest BCUT2D eigenvalue weighted by Gasteiger charge is -2.48. The average molecular weight is 390 g/mol. The van der Waals surface area contributed by atoms with E-state index in [-0.39, 0.29) is 5.54 Å². The van der Waals surface area contributed by atoms with E-state index in [1.54, 1.807) is 0 Å². The standard InChI is InChI=1S/C15H22Br2N2/c1-10(2)14-8-18-15(3,4)9-19(14)13-7-11(16)5-6-12(13)17/h5-7,10,14,18H,8-9H2,1-4H3. The molecule has 0 saturated carbocycles. The Morgan fingerprint density at radius 3 is 2.63 bits per heavy atom. The van der Waals surface area contributed by atoms with Gasteiger partial charge in [0.1, 0.15) is 0 Å². The molecule has 0 bridgehead atoms. The van der Waals surface area contributed by atoms with Gasteiger partial charge < -0.3 is 10.2 Å². The van der Waals surface area contributed by atoms with Crippen LogP contribution < -0.4 is 10.2 Å². The smallest absolute Gasteiger partial charge is 0.0525 e. The summed E-state index contributed by atoms with van der Waals surface area (Å²) in [7, 11) is 0. The summed E-state index contributed by atoms with van der Waals surface area (Å²) in [5.41, 5.74) is 1.43. The largest absolute Gasteiger partial charge is 0.364 e. The van der Waals surface area contributed by atoms with E-state index in [4.69, 9.17) is 0 Å². The molecule has 2 nitrogen and oxygen atoms in total. The molecule has 0 aromatic heterocycles. The predicted octanol–water partition coefficient (Wildman–Crippen LogP) is 4.42. The van der Waals surface area contributed by atoms with Crippen LogP contribution in [0.15, 0.2) is 27.1 Å². The van der Waals surface area contributed by atoms with Crippen LogP contribution >= 0.6 is 31.9 Å². The molecule has 1 saturated heterocycles. The van der Waals surface area contributed by atoms with Gasteiger partial charge in [-0.15, -0.1) is 0 Å². The van der Waals surface area contributed by atoms with E-state index in [1.807, 2.05) is 0 Å². The molecule has 0 aliphatic carbocycles. The summed E-state index contributed by atoms with van der Waals surface area (Å²) in [5.74, 6) is 0.620. The van der Waals surface area contributed by atoms with E-state index in [1.165, 1.54) is 10.2 Å². The number of anilines is 1. The number of nitrogens with zero attached hydrogens (tertiary/aromatic N) is 1. The number of rotatable bonds is 2. The van der Waals surface area contributed by atoms with Crippen molar-refractivity contribution in [3.05, 3.63) is 27.1 Å². The maximum Gasteiger partial charge on any atom is 0.0525 e. The van der Waals surface area contributed by atoms with E-state index in [9.17, 15) is 0 Å². The van der Waals surface area contributed by atoms with E-state index in [0.29, 0.717) is 12.0 Å². The van der Waals surface area contributed by atoms with E-state index < -0.39 is 0 Å². The number of hydrogen-bond acceptors (Lipinski definition) is 2. The predicted molar refractivity (Wildman–Crippen MR) is 89.9 cm³/mol. The third-order valence-corrected chi connectivity index (χ3v) is 4.91. The second-order valence-corrected chi connectivity index (χ2v) is 8.07. The van der Waals surface area contributed by atoms with Crippen molar-refractivity contribution >= 4 is 37.5 Å². The number of benzene rings is 1. The van der Waals surface area contributed by atoms with Gasteiger partial charge in [-0.3, -0.25) is 0 Å². The Morgan fingerprint density at radius 1 is 1.32 bits per heavy atom. The van der Waals surface area contributed by atoms with Crippen LogP contribution in [0, 0.1) is 5.92 Å². The second-order valence-electron chi connectivity index (χ2n) is 6.30. The fourth-order valence-electron chi connectivity index (χ4n) is 2.66. The summed E-state index contributed by atoms with van der Waals surface area (Å²) in [6, 6.07) is 6.93. The van der Waals surface area contributed by atoms with Crippen molar-refractivity contribution in [1.29, 1.82) is 0 Å². The summed E-state index contributed by atoms with van der Waals surface area (Å²) in [4.78, 5) is 2.54. The van der Waals surface area contributed by atoms with Crippen molar-refractivity contribution in [1.82, 2.24) is 5.32 Å². The maximum atomic E-state index is 3.70. The van der Waals surface area contributed by atoms with Gasteiger partial charge in [-0.1, -0.05) is 29.8 Å². The second kappa shape index (κ2) is 5.74. The Bertz CT molecular complexity index is 457. The van der Waals surface area contributed by atoms with Crippen molar-refractivity contribution in [2.75, 3.05) is 18.0 Å². The van der Waals surface area contributed by atoms with Crippen molar-refractivity contribution in [3.8, 4) is 0 Å². The third kappa shape index (κ3) is 3.53. The van der Waals surface area contributed by atoms with Crippen molar-refractivity contribution in [2.24, 2.45) is 5.92 Å². The van der Waals surface area contributed by atoms with Gasteiger partial charge >= 0.3 is 0 Å². The van der Waals surface area contributed by atoms with Crippen LogP contribution in [0.25, 0.3) is 0 Å². The number of halogens is 2. The molecule has 1 heterocycles. The summed E-state index contributed by atoms with van der Waals surface area (Å²) < 4.78 is 2.29. The van der Waals surface area contributed by atoms with Crippen LogP contribution in [0.4, 0.5) is 5.69 Å². The molecule has 106 valence electrons. The highest BCUT2D eigenvalue weighted by Gasteiger charge is 2.34. The van der Waals surface area contributed by atoms with Gasteiger partial charge in [-0.2, -0.15) is 0 Å². The first-order valence-corrected chi connectivity index (χ1v) is 8.35.